The summed E-state index contributed by atoms with van der Waals surface area (Å²) in [4.78, 5) is 1.91. The highest BCUT2D eigenvalue weighted by atomic mass is 79.9. The Bertz CT molecular complexity index is 633. The van der Waals surface area contributed by atoms with Crippen LogP contribution in [0, 0.1) is 0 Å². The van der Waals surface area contributed by atoms with E-state index in [0.717, 1.165) is 9.35 Å². The summed E-state index contributed by atoms with van der Waals surface area (Å²) in [5.74, 6) is 0. The number of halogens is 1. The van der Waals surface area contributed by atoms with Gasteiger partial charge in [-0.1, -0.05) is 0 Å². The highest BCUT2D eigenvalue weighted by Gasteiger charge is 2.18. The lowest BCUT2D eigenvalue weighted by Gasteiger charge is -2.05. The summed E-state index contributed by atoms with van der Waals surface area (Å²) in [6.07, 6.45) is 0. The third kappa shape index (κ3) is 3.19. The first-order valence-corrected chi connectivity index (χ1v) is 9.05. The Morgan fingerprint density at radius 1 is 1.39 bits per heavy atom. The molecule has 0 amide bonds. The normalized spacial score (nSPS) is 11.9. The van der Waals surface area contributed by atoms with Gasteiger partial charge in [0, 0.05) is 32.7 Å². The zero-order valence-corrected chi connectivity index (χ0v) is 13.3. The standard InChI is InChI=1S/C10H11BrN2O2S3/c11-7-3-8(17-6-7)5-13-18(14,15)10-1-2-16-9(10)4-12/h1-3,6,13H,4-5,12H2. The minimum absolute atomic E-state index is 0.235. The molecule has 0 aliphatic carbocycles. The number of thiophene rings is 2. The maximum Gasteiger partial charge on any atom is 0.242 e. The van der Waals surface area contributed by atoms with Crippen LogP contribution in [0.5, 0.6) is 0 Å². The lowest BCUT2D eigenvalue weighted by Crippen LogP contribution is -2.23. The van der Waals surface area contributed by atoms with Crippen LogP contribution in [0.1, 0.15) is 9.75 Å². The van der Waals surface area contributed by atoms with E-state index in [1.165, 1.54) is 22.7 Å². The van der Waals surface area contributed by atoms with Gasteiger partial charge in [0.1, 0.15) is 0 Å². The molecule has 0 aliphatic rings. The van der Waals surface area contributed by atoms with Gasteiger partial charge in [0.2, 0.25) is 10.0 Å². The van der Waals surface area contributed by atoms with Crippen molar-refractivity contribution in [1.82, 2.24) is 4.72 Å². The molecule has 98 valence electrons. The molecule has 0 saturated heterocycles. The van der Waals surface area contributed by atoms with Gasteiger partial charge in [-0.05, 0) is 33.4 Å². The van der Waals surface area contributed by atoms with Crippen LogP contribution >= 0.6 is 38.6 Å². The van der Waals surface area contributed by atoms with E-state index in [-0.39, 0.29) is 11.4 Å². The smallest absolute Gasteiger partial charge is 0.242 e. The Kier molecular flexibility index (Phi) is 4.57. The SMILES string of the molecule is NCc1sccc1S(=O)(=O)NCc1cc(Br)cs1. The number of nitrogens with one attached hydrogen (secondary N) is 1. The largest absolute Gasteiger partial charge is 0.326 e. The van der Waals surface area contributed by atoms with E-state index in [1.807, 2.05) is 11.4 Å². The van der Waals surface area contributed by atoms with Crippen molar-refractivity contribution < 1.29 is 8.42 Å². The summed E-state index contributed by atoms with van der Waals surface area (Å²) >= 11 is 6.19. The van der Waals surface area contributed by atoms with Crippen molar-refractivity contribution in [2.45, 2.75) is 18.0 Å². The van der Waals surface area contributed by atoms with Crippen LogP contribution in [0.4, 0.5) is 0 Å². The molecule has 0 spiro atoms. The number of rotatable bonds is 5. The Morgan fingerprint density at radius 2 is 2.17 bits per heavy atom. The molecular formula is C10H11BrN2O2S3. The zero-order valence-electron chi connectivity index (χ0n) is 9.22. The number of hydrogen-bond donors (Lipinski definition) is 2. The van der Waals surface area contributed by atoms with Crippen molar-refractivity contribution in [3.63, 3.8) is 0 Å². The maximum atomic E-state index is 12.1. The monoisotopic (exact) mass is 366 g/mol. The molecule has 0 saturated carbocycles. The van der Waals surface area contributed by atoms with Crippen molar-refractivity contribution in [3.05, 3.63) is 37.1 Å². The quantitative estimate of drug-likeness (QED) is 0.853. The van der Waals surface area contributed by atoms with Gasteiger partial charge in [0.15, 0.2) is 0 Å². The first kappa shape index (κ1) is 14.2. The predicted octanol–water partition coefficient (Wildman–Crippen LogP) is 2.51. The van der Waals surface area contributed by atoms with Crippen LogP contribution in [0.15, 0.2) is 32.3 Å². The molecule has 18 heavy (non-hydrogen) atoms. The molecule has 3 N–H and O–H groups in total. The zero-order chi connectivity index (χ0) is 13.2. The lowest BCUT2D eigenvalue weighted by atomic mass is 10.5. The van der Waals surface area contributed by atoms with E-state index in [2.05, 4.69) is 20.7 Å². The molecule has 2 aromatic rings. The average molecular weight is 367 g/mol. The van der Waals surface area contributed by atoms with E-state index in [9.17, 15) is 8.42 Å². The molecule has 0 radical (unpaired) electrons. The maximum absolute atomic E-state index is 12.1. The van der Waals surface area contributed by atoms with Gasteiger partial charge in [-0.25, -0.2) is 13.1 Å². The van der Waals surface area contributed by atoms with Crippen LogP contribution in [-0.4, -0.2) is 8.42 Å². The van der Waals surface area contributed by atoms with Gasteiger partial charge >= 0.3 is 0 Å². The fraction of sp³-hybridized carbons (Fsp3) is 0.200. The summed E-state index contributed by atoms with van der Waals surface area (Å²) in [5, 5.41) is 3.65. The van der Waals surface area contributed by atoms with Gasteiger partial charge in [-0.3, -0.25) is 0 Å². The summed E-state index contributed by atoms with van der Waals surface area (Å²) in [7, 11) is -3.48. The second-order valence-corrected chi connectivity index (χ2v) is 8.12. The third-order valence-electron chi connectivity index (χ3n) is 2.24. The molecule has 2 heterocycles. The topological polar surface area (TPSA) is 72.2 Å². The third-order valence-corrected chi connectivity index (χ3v) is 6.49. The number of sulfonamides is 1. The van der Waals surface area contributed by atoms with Crippen molar-refractivity contribution in [2.24, 2.45) is 5.73 Å². The van der Waals surface area contributed by atoms with Crippen LogP contribution in [0.25, 0.3) is 0 Å². The molecule has 2 aromatic heterocycles. The summed E-state index contributed by atoms with van der Waals surface area (Å²) in [5.41, 5.74) is 5.52. The van der Waals surface area contributed by atoms with E-state index < -0.39 is 10.0 Å². The molecular weight excluding hydrogens is 356 g/mol. The van der Waals surface area contributed by atoms with Crippen LogP contribution in [0.3, 0.4) is 0 Å². The predicted molar refractivity (Wildman–Crippen MR) is 78.3 cm³/mol. The summed E-state index contributed by atoms with van der Waals surface area (Å²) in [6, 6.07) is 3.48. The van der Waals surface area contributed by atoms with Crippen molar-refractivity contribution in [1.29, 1.82) is 0 Å². The van der Waals surface area contributed by atoms with Crippen LogP contribution in [0.2, 0.25) is 0 Å². The van der Waals surface area contributed by atoms with Gasteiger partial charge in [-0.2, -0.15) is 0 Å². The highest BCUT2D eigenvalue weighted by molar-refractivity contribution is 9.10. The molecule has 0 bridgehead atoms. The molecule has 0 aliphatic heterocycles. The van der Waals surface area contributed by atoms with Gasteiger partial charge in [0.25, 0.3) is 0 Å². The Morgan fingerprint density at radius 3 is 2.78 bits per heavy atom. The van der Waals surface area contributed by atoms with E-state index in [1.54, 1.807) is 11.4 Å². The molecule has 4 nitrogen and oxygen atoms in total. The van der Waals surface area contributed by atoms with Crippen molar-refractivity contribution in [3.8, 4) is 0 Å². The van der Waals surface area contributed by atoms with Crippen molar-refractivity contribution in [2.75, 3.05) is 0 Å². The Hall–Kier alpha value is -0.250. The van der Waals surface area contributed by atoms with E-state index in [4.69, 9.17) is 5.73 Å². The molecule has 2 rings (SSSR count). The van der Waals surface area contributed by atoms with Gasteiger partial charge in [0.05, 0.1) is 4.90 Å². The van der Waals surface area contributed by atoms with Crippen molar-refractivity contribution >= 4 is 48.6 Å². The fourth-order valence-corrected chi connectivity index (χ4v) is 5.23. The summed E-state index contributed by atoms with van der Waals surface area (Å²) < 4.78 is 27.7. The van der Waals surface area contributed by atoms with E-state index >= 15 is 0 Å². The molecule has 8 heteroatoms. The molecule has 0 unspecified atom stereocenters. The first-order chi connectivity index (χ1) is 8.53. The average Bonchev–Trinajstić information content (AvgIpc) is 2.95. The number of nitrogens with two attached hydrogens (primary N) is 1. The minimum atomic E-state index is -3.48. The molecule has 0 atom stereocenters. The Balaban J connectivity index is 2.13. The Labute approximate surface area is 122 Å². The molecule has 0 aromatic carbocycles. The second-order valence-electron chi connectivity index (χ2n) is 3.47. The van der Waals surface area contributed by atoms with Gasteiger partial charge < -0.3 is 5.73 Å². The second kappa shape index (κ2) is 5.81. The lowest BCUT2D eigenvalue weighted by molar-refractivity contribution is 0.581. The minimum Gasteiger partial charge on any atom is -0.326 e. The number of hydrogen-bond acceptors (Lipinski definition) is 5. The van der Waals surface area contributed by atoms with Gasteiger partial charge in [-0.15, -0.1) is 22.7 Å². The molecule has 0 fully saturated rings. The van der Waals surface area contributed by atoms with Crippen LogP contribution < -0.4 is 10.5 Å². The summed E-state index contributed by atoms with van der Waals surface area (Å²) in [6.45, 7) is 0.525. The first-order valence-electron chi connectivity index (χ1n) is 5.02. The highest BCUT2D eigenvalue weighted by Crippen LogP contribution is 2.23. The van der Waals surface area contributed by atoms with E-state index in [0.29, 0.717) is 11.4 Å². The van der Waals surface area contributed by atoms with Crippen LogP contribution in [-0.2, 0) is 23.1 Å². The fourth-order valence-electron chi connectivity index (χ4n) is 1.41.